The van der Waals surface area contributed by atoms with Crippen molar-refractivity contribution in [1.82, 2.24) is 0 Å². The van der Waals surface area contributed by atoms with E-state index in [9.17, 15) is 0 Å². The number of hydrogen-bond donors (Lipinski definition) is 0. The zero-order valence-electron chi connectivity index (χ0n) is 16.2. The summed E-state index contributed by atoms with van der Waals surface area (Å²) < 4.78 is 8.43. The van der Waals surface area contributed by atoms with Gasteiger partial charge in [-0.05, 0) is 24.6 Å². The molecular formula is C24H23N2O+. The average molecular weight is 355 g/mol. The summed E-state index contributed by atoms with van der Waals surface area (Å²) in [6.07, 6.45) is 0.699. The van der Waals surface area contributed by atoms with Gasteiger partial charge >= 0.3 is 0 Å². The number of para-hydroxylation sites is 2. The Morgan fingerprint density at radius 2 is 1.70 bits per heavy atom. The Balaban J connectivity index is 2.02. The van der Waals surface area contributed by atoms with Crippen molar-refractivity contribution in [2.24, 2.45) is 7.05 Å². The van der Waals surface area contributed by atoms with Crippen LogP contribution < -0.4 is 4.57 Å². The first-order valence-electron chi connectivity index (χ1n) is 9.19. The molecule has 4 aromatic rings. The second kappa shape index (κ2) is 6.25. The van der Waals surface area contributed by atoms with Gasteiger partial charge in [-0.15, -0.1) is 0 Å². The molecule has 4 rings (SSSR count). The van der Waals surface area contributed by atoms with Crippen LogP contribution in [0.25, 0.3) is 38.2 Å². The first kappa shape index (κ1) is 17.3. The Hall–Kier alpha value is -3.12. The molecule has 0 spiro atoms. The van der Waals surface area contributed by atoms with Gasteiger partial charge in [-0.1, -0.05) is 30.3 Å². The van der Waals surface area contributed by atoms with Gasteiger partial charge in [-0.3, -0.25) is 0 Å². The van der Waals surface area contributed by atoms with Gasteiger partial charge in [-0.2, -0.15) is 4.57 Å². The highest BCUT2D eigenvalue weighted by Gasteiger charge is 2.29. The van der Waals surface area contributed by atoms with Gasteiger partial charge in [0.1, 0.15) is 12.6 Å². The number of furan rings is 1. The lowest BCUT2D eigenvalue weighted by Crippen LogP contribution is -2.33. The van der Waals surface area contributed by atoms with Crippen molar-refractivity contribution in [3.8, 4) is 11.5 Å². The Bertz CT molecular complexity index is 1210. The summed E-state index contributed by atoms with van der Waals surface area (Å²) in [6.45, 7) is 13.6. The number of nitrogens with zero attached hydrogens (tertiary/aromatic N) is 2. The van der Waals surface area contributed by atoms with E-state index in [4.69, 9.17) is 11.0 Å². The Labute approximate surface area is 159 Å². The molecule has 2 heterocycles. The zero-order valence-corrected chi connectivity index (χ0v) is 16.2. The van der Waals surface area contributed by atoms with Crippen LogP contribution in [0.4, 0.5) is 0 Å². The molecule has 0 aliphatic heterocycles. The Morgan fingerprint density at radius 1 is 1.04 bits per heavy atom. The fourth-order valence-corrected chi connectivity index (χ4v) is 3.80. The molecule has 0 radical (unpaired) electrons. The van der Waals surface area contributed by atoms with E-state index in [-0.39, 0.29) is 0 Å². The maximum atomic E-state index is 7.53. The summed E-state index contributed by atoms with van der Waals surface area (Å²) in [5.74, 6) is 0.895. The fourth-order valence-electron chi connectivity index (χ4n) is 3.80. The van der Waals surface area contributed by atoms with Crippen LogP contribution in [0, 0.1) is 13.5 Å². The van der Waals surface area contributed by atoms with Gasteiger partial charge in [-0.25, -0.2) is 6.57 Å². The fraction of sp³-hybridized carbons (Fsp3) is 0.250. The number of aromatic nitrogens is 1. The van der Waals surface area contributed by atoms with Gasteiger partial charge in [0.15, 0.2) is 0 Å². The van der Waals surface area contributed by atoms with Crippen LogP contribution in [0.2, 0.25) is 0 Å². The van der Waals surface area contributed by atoms with Crippen molar-refractivity contribution >= 4 is 21.9 Å². The highest BCUT2D eigenvalue weighted by molar-refractivity contribution is 5.88. The summed E-state index contributed by atoms with van der Waals surface area (Å²) in [4.78, 5) is 3.82. The molecule has 0 saturated carbocycles. The quantitative estimate of drug-likeness (QED) is 0.345. The third kappa shape index (κ3) is 2.88. The van der Waals surface area contributed by atoms with Crippen molar-refractivity contribution < 1.29 is 8.98 Å². The summed E-state index contributed by atoms with van der Waals surface area (Å²) in [6, 6.07) is 18.7. The molecule has 2 aromatic heterocycles. The molecule has 134 valence electrons. The van der Waals surface area contributed by atoms with E-state index >= 15 is 0 Å². The summed E-state index contributed by atoms with van der Waals surface area (Å²) in [7, 11) is 2.08. The van der Waals surface area contributed by atoms with E-state index in [2.05, 4.69) is 59.8 Å². The van der Waals surface area contributed by atoms with E-state index in [1.807, 2.05) is 32.0 Å². The maximum Gasteiger partial charge on any atom is 0.249 e. The first-order valence-corrected chi connectivity index (χ1v) is 9.19. The number of fused-ring (bicyclic) bond motifs is 2. The number of hydrogen-bond acceptors (Lipinski definition) is 1. The summed E-state index contributed by atoms with van der Waals surface area (Å²) >= 11 is 0. The molecule has 0 amide bonds. The highest BCUT2D eigenvalue weighted by atomic mass is 16.3. The van der Waals surface area contributed by atoms with E-state index in [1.165, 1.54) is 10.9 Å². The molecule has 0 fully saturated rings. The standard InChI is InChI=1S/C24H23N2O/c1-16-18-10-7-9-13-22(18)27-23(16)21-14-17(15-24(2,3)25-4)19-11-6-8-12-20(19)26(21)5/h6-14H,15H2,1-3,5H3/q+1. The number of pyridine rings is 1. The number of aryl methyl sites for hydroxylation is 2. The molecule has 0 bridgehead atoms. The molecule has 2 aromatic carbocycles. The molecule has 0 N–H and O–H groups in total. The third-order valence-corrected chi connectivity index (χ3v) is 5.29. The second-order valence-corrected chi connectivity index (χ2v) is 7.78. The molecule has 3 nitrogen and oxygen atoms in total. The van der Waals surface area contributed by atoms with Gasteiger partial charge in [0.25, 0.3) is 0 Å². The van der Waals surface area contributed by atoms with Crippen LogP contribution in [-0.4, -0.2) is 5.54 Å². The normalized spacial score (nSPS) is 11.8. The second-order valence-electron chi connectivity index (χ2n) is 7.78. The van der Waals surface area contributed by atoms with E-state index in [0.717, 1.165) is 33.5 Å². The van der Waals surface area contributed by atoms with Crippen LogP contribution in [0.3, 0.4) is 0 Å². The van der Waals surface area contributed by atoms with E-state index < -0.39 is 5.54 Å². The van der Waals surface area contributed by atoms with Crippen molar-refractivity contribution in [2.75, 3.05) is 0 Å². The lowest BCUT2D eigenvalue weighted by Gasteiger charge is -2.13. The van der Waals surface area contributed by atoms with Crippen molar-refractivity contribution in [1.29, 1.82) is 0 Å². The van der Waals surface area contributed by atoms with Crippen molar-refractivity contribution in [2.45, 2.75) is 32.7 Å². The SMILES string of the molecule is [C-]#[N+]C(C)(C)Cc1cc(-c2oc3ccccc3c2C)[n+](C)c2ccccc12. The van der Waals surface area contributed by atoms with Gasteiger partial charge in [0.05, 0.1) is 6.42 Å². The maximum absolute atomic E-state index is 7.53. The smallest absolute Gasteiger partial charge is 0.249 e. The van der Waals surface area contributed by atoms with Crippen LogP contribution in [0.5, 0.6) is 0 Å². The molecule has 3 heteroatoms. The van der Waals surface area contributed by atoms with Gasteiger partial charge in [0, 0.05) is 42.3 Å². The Morgan fingerprint density at radius 3 is 2.41 bits per heavy atom. The van der Waals surface area contributed by atoms with E-state index in [0.29, 0.717) is 6.42 Å². The number of rotatable bonds is 3. The lowest BCUT2D eigenvalue weighted by molar-refractivity contribution is -0.634. The largest absolute Gasteiger partial charge is 0.449 e. The Kier molecular flexibility index (Phi) is 4.00. The van der Waals surface area contributed by atoms with Crippen molar-refractivity contribution in [3.05, 3.63) is 77.1 Å². The van der Waals surface area contributed by atoms with Crippen molar-refractivity contribution in [3.63, 3.8) is 0 Å². The molecule has 27 heavy (non-hydrogen) atoms. The zero-order chi connectivity index (χ0) is 19.2. The van der Waals surface area contributed by atoms with Crippen LogP contribution in [0.15, 0.2) is 59.0 Å². The molecule has 0 aliphatic carbocycles. The predicted molar refractivity (Wildman–Crippen MR) is 109 cm³/mol. The topological polar surface area (TPSA) is 21.4 Å². The number of benzene rings is 2. The van der Waals surface area contributed by atoms with Gasteiger partial charge in [0.2, 0.25) is 22.5 Å². The minimum atomic E-state index is -0.442. The molecule has 0 saturated heterocycles. The highest BCUT2D eigenvalue weighted by Crippen LogP contribution is 2.34. The minimum absolute atomic E-state index is 0.442. The minimum Gasteiger partial charge on any atom is -0.449 e. The summed E-state index contributed by atoms with van der Waals surface area (Å²) in [5.41, 5.74) is 4.97. The summed E-state index contributed by atoms with van der Waals surface area (Å²) in [5, 5.41) is 2.33. The first-order chi connectivity index (χ1) is 12.9. The van der Waals surface area contributed by atoms with Crippen LogP contribution >= 0.6 is 0 Å². The van der Waals surface area contributed by atoms with Gasteiger partial charge < -0.3 is 9.26 Å². The predicted octanol–water partition coefficient (Wildman–Crippen LogP) is 5.63. The average Bonchev–Trinajstić information content (AvgIpc) is 3.01. The van der Waals surface area contributed by atoms with Crippen LogP contribution in [0.1, 0.15) is 25.0 Å². The molecule has 0 unspecified atom stereocenters. The molecule has 0 atom stereocenters. The van der Waals surface area contributed by atoms with E-state index in [1.54, 1.807) is 0 Å². The molecular weight excluding hydrogens is 332 g/mol. The monoisotopic (exact) mass is 355 g/mol. The van der Waals surface area contributed by atoms with Crippen LogP contribution in [-0.2, 0) is 13.5 Å². The molecule has 0 aliphatic rings. The third-order valence-electron chi connectivity index (χ3n) is 5.29. The lowest BCUT2D eigenvalue weighted by atomic mass is 9.92.